The summed E-state index contributed by atoms with van der Waals surface area (Å²) in [6, 6.07) is 14.8. The highest BCUT2D eigenvalue weighted by molar-refractivity contribution is 5.94. The van der Waals surface area contributed by atoms with Crippen molar-refractivity contribution < 1.29 is 9.53 Å². The average molecular weight is 433 g/mol. The van der Waals surface area contributed by atoms with Crippen LogP contribution in [0.4, 0.5) is 11.4 Å². The molecule has 2 N–H and O–H groups in total. The van der Waals surface area contributed by atoms with Gasteiger partial charge in [-0.25, -0.2) is 0 Å². The molecule has 6 nitrogen and oxygen atoms in total. The van der Waals surface area contributed by atoms with E-state index in [2.05, 4.69) is 57.4 Å². The zero-order valence-corrected chi connectivity index (χ0v) is 18.8. The highest BCUT2D eigenvalue weighted by Gasteiger charge is 2.19. The van der Waals surface area contributed by atoms with Gasteiger partial charge < -0.3 is 19.9 Å². The molecule has 0 bridgehead atoms. The molecule has 32 heavy (non-hydrogen) atoms. The van der Waals surface area contributed by atoms with E-state index < -0.39 is 0 Å². The molecule has 1 saturated heterocycles. The zero-order valence-electron chi connectivity index (χ0n) is 18.8. The number of aryl methyl sites for hydroxylation is 2. The summed E-state index contributed by atoms with van der Waals surface area (Å²) in [5.74, 6) is 0.934. The first-order valence-electron chi connectivity index (χ1n) is 11.8. The smallest absolute Gasteiger partial charge is 0.224 e. The summed E-state index contributed by atoms with van der Waals surface area (Å²) in [7, 11) is 0. The molecule has 3 aromatic rings. The van der Waals surface area contributed by atoms with Crippen molar-refractivity contribution in [1.82, 2.24) is 9.88 Å². The maximum atomic E-state index is 11.6. The van der Waals surface area contributed by atoms with Gasteiger partial charge in [-0.05, 0) is 62.6 Å². The van der Waals surface area contributed by atoms with Crippen LogP contribution in [-0.2, 0) is 11.2 Å². The number of nitrogens with one attached hydrogen (secondary N) is 2. The van der Waals surface area contributed by atoms with Crippen molar-refractivity contribution >= 4 is 28.2 Å². The predicted molar refractivity (Wildman–Crippen MR) is 130 cm³/mol. The number of aromatic nitrogens is 1. The lowest BCUT2D eigenvalue weighted by molar-refractivity contribution is -0.116. The number of amides is 1. The highest BCUT2D eigenvalue weighted by Crippen LogP contribution is 2.29. The normalized spacial score (nSPS) is 16.8. The van der Waals surface area contributed by atoms with E-state index in [1.807, 2.05) is 12.1 Å². The summed E-state index contributed by atoms with van der Waals surface area (Å²) in [6.07, 6.45) is 3.55. The molecular formula is C26H32N4O2. The van der Waals surface area contributed by atoms with E-state index in [1.165, 1.54) is 27.8 Å². The minimum Gasteiger partial charge on any atom is -0.494 e. The van der Waals surface area contributed by atoms with Gasteiger partial charge in [0.05, 0.1) is 6.61 Å². The molecule has 168 valence electrons. The van der Waals surface area contributed by atoms with Crippen LogP contribution < -0.4 is 15.0 Å². The number of nitrogens with zero attached hydrogens (tertiary/aromatic N) is 2. The predicted octanol–water partition coefficient (Wildman–Crippen LogP) is 4.34. The summed E-state index contributed by atoms with van der Waals surface area (Å²) < 4.78 is 5.93. The minimum absolute atomic E-state index is 0.0923. The summed E-state index contributed by atoms with van der Waals surface area (Å²) in [6.45, 7) is 8.29. The van der Waals surface area contributed by atoms with Crippen LogP contribution in [0.5, 0.6) is 5.75 Å². The Labute approximate surface area is 189 Å². The van der Waals surface area contributed by atoms with Crippen molar-refractivity contribution in [3.8, 4) is 5.75 Å². The Balaban J connectivity index is 1.04. The van der Waals surface area contributed by atoms with Crippen LogP contribution in [0, 0.1) is 6.92 Å². The van der Waals surface area contributed by atoms with Gasteiger partial charge in [-0.1, -0.05) is 12.1 Å². The van der Waals surface area contributed by atoms with E-state index >= 15 is 0 Å². The lowest BCUT2D eigenvalue weighted by Crippen LogP contribution is -2.46. The number of piperazine rings is 1. The van der Waals surface area contributed by atoms with Crippen molar-refractivity contribution in [2.75, 3.05) is 49.5 Å². The van der Waals surface area contributed by atoms with Crippen LogP contribution in [0.25, 0.3) is 10.9 Å². The Kier molecular flexibility index (Phi) is 6.04. The fraction of sp³-hybridized carbons (Fsp3) is 0.423. The molecule has 2 aliphatic heterocycles. The van der Waals surface area contributed by atoms with Crippen LogP contribution in [-0.4, -0.2) is 55.1 Å². The Morgan fingerprint density at radius 1 is 1.00 bits per heavy atom. The topological polar surface area (TPSA) is 60.6 Å². The van der Waals surface area contributed by atoms with Gasteiger partial charge in [-0.2, -0.15) is 0 Å². The van der Waals surface area contributed by atoms with Gasteiger partial charge >= 0.3 is 0 Å². The minimum atomic E-state index is 0.0923. The molecule has 1 amide bonds. The van der Waals surface area contributed by atoms with Crippen molar-refractivity contribution in [3.63, 3.8) is 0 Å². The molecule has 0 radical (unpaired) electrons. The molecule has 0 spiro atoms. The fourth-order valence-corrected chi connectivity index (χ4v) is 4.83. The highest BCUT2D eigenvalue weighted by atomic mass is 16.5. The second-order valence-corrected chi connectivity index (χ2v) is 8.94. The van der Waals surface area contributed by atoms with Crippen molar-refractivity contribution in [2.24, 2.45) is 0 Å². The van der Waals surface area contributed by atoms with Crippen LogP contribution in [0.15, 0.2) is 42.5 Å². The number of anilines is 2. The first-order valence-corrected chi connectivity index (χ1v) is 11.8. The molecule has 1 fully saturated rings. The average Bonchev–Trinajstić information content (AvgIpc) is 3.19. The summed E-state index contributed by atoms with van der Waals surface area (Å²) >= 11 is 0. The standard InChI is InChI=1S/C26H32N4O2/c1-19-17-22-23(27-19)5-4-6-25(22)30-14-12-29(13-15-30)11-2-3-16-32-21-9-7-20-8-10-26(31)28-24(20)18-21/h4-7,9,17-18,27H,2-3,8,10-16H2,1H3,(H,28,31). The number of rotatable bonds is 7. The molecule has 0 aliphatic carbocycles. The molecule has 1 aromatic heterocycles. The number of benzene rings is 2. The maximum Gasteiger partial charge on any atom is 0.224 e. The summed E-state index contributed by atoms with van der Waals surface area (Å²) in [4.78, 5) is 20.1. The van der Waals surface area contributed by atoms with Gasteiger partial charge in [-0.3, -0.25) is 9.69 Å². The summed E-state index contributed by atoms with van der Waals surface area (Å²) in [5, 5.41) is 4.27. The Bertz CT molecular complexity index is 1100. The molecule has 2 aliphatic rings. The number of ether oxygens (including phenoxy) is 1. The molecule has 3 heterocycles. The fourth-order valence-electron chi connectivity index (χ4n) is 4.83. The SMILES string of the molecule is Cc1cc2c(N3CCN(CCCCOc4ccc5c(c4)NC(=O)CC5)CC3)cccc2[nH]1. The molecule has 5 rings (SSSR count). The van der Waals surface area contributed by atoms with Gasteiger partial charge in [0, 0.05) is 66.6 Å². The number of aromatic amines is 1. The molecule has 0 unspecified atom stereocenters. The maximum absolute atomic E-state index is 11.6. The molecule has 6 heteroatoms. The lowest BCUT2D eigenvalue weighted by atomic mass is 10.0. The zero-order chi connectivity index (χ0) is 21.9. The third kappa shape index (κ3) is 4.60. The largest absolute Gasteiger partial charge is 0.494 e. The lowest BCUT2D eigenvalue weighted by Gasteiger charge is -2.36. The molecule has 2 aromatic carbocycles. The third-order valence-corrected chi connectivity index (χ3v) is 6.60. The Morgan fingerprint density at radius 2 is 1.88 bits per heavy atom. The van der Waals surface area contributed by atoms with Crippen LogP contribution in [0.1, 0.15) is 30.5 Å². The van der Waals surface area contributed by atoms with Crippen molar-refractivity contribution in [3.05, 3.63) is 53.7 Å². The first-order chi connectivity index (χ1) is 15.7. The molecular weight excluding hydrogens is 400 g/mol. The quantitative estimate of drug-likeness (QED) is 0.545. The Hall–Kier alpha value is -2.99. The van der Waals surface area contributed by atoms with E-state index in [-0.39, 0.29) is 5.91 Å². The van der Waals surface area contributed by atoms with Crippen LogP contribution in [0.3, 0.4) is 0 Å². The molecule has 0 saturated carbocycles. The first kappa shape index (κ1) is 20.9. The molecule has 0 atom stereocenters. The van der Waals surface area contributed by atoms with E-state index in [0.717, 1.165) is 63.4 Å². The summed E-state index contributed by atoms with van der Waals surface area (Å²) in [5.41, 5.74) is 5.89. The van der Waals surface area contributed by atoms with E-state index in [0.29, 0.717) is 13.0 Å². The third-order valence-electron chi connectivity index (χ3n) is 6.60. The second-order valence-electron chi connectivity index (χ2n) is 8.94. The van der Waals surface area contributed by atoms with E-state index in [9.17, 15) is 4.79 Å². The number of unbranched alkanes of at least 4 members (excludes halogenated alkanes) is 1. The number of H-pyrrole nitrogens is 1. The number of fused-ring (bicyclic) bond motifs is 2. The van der Waals surface area contributed by atoms with Crippen molar-refractivity contribution in [1.29, 1.82) is 0 Å². The monoisotopic (exact) mass is 432 g/mol. The van der Waals surface area contributed by atoms with Crippen molar-refractivity contribution in [2.45, 2.75) is 32.6 Å². The van der Waals surface area contributed by atoms with E-state index in [4.69, 9.17) is 4.74 Å². The number of carbonyl (C=O) groups excluding carboxylic acids is 1. The number of hydrogen-bond donors (Lipinski definition) is 2. The van der Waals surface area contributed by atoms with Crippen LogP contribution in [0.2, 0.25) is 0 Å². The van der Waals surface area contributed by atoms with Gasteiger partial charge in [0.1, 0.15) is 5.75 Å². The Morgan fingerprint density at radius 3 is 2.75 bits per heavy atom. The van der Waals surface area contributed by atoms with Crippen LogP contribution >= 0.6 is 0 Å². The van der Waals surface area contributed by atoms with Gasteiger partial charge in [-0.15, -0.1) is 0 Å². The second kappa shape index (κ2) is 9.25. The van der Waals surface area contributed by atoms with Gasteiger partial charge in [0.15, 0.2) is 0 Å². The van der Waals surface area contributed by atoms with Gasteiger partial charge in [0.25, 0.3) is 0 Å². The van der Waals surface area contributed by atoms with E-state index in [1.54, 1.807) is 0 Å². The number of hydrogen-bond acceptors (Lipinski definition) is 4. The van der Waals surface area contributed by atoms with Gasteiger partial charge in [0.2, 0.25) is 5.91 Å². The number of carbonyl (C=O) groups is 1.